The molecule has 1 aromatic carbocycles. The molecule has 0 unspecified atom stereocenters. The Kier molecular flexibility index (Phi) is 9.37. The lowest BCUT2D eigenvalue weighted by Gasteiger charge is -2.31. The maximum atomic E-state index is 13.6. The van der Waals surface area contributed by atoms with E-state index in [0.717, 1.165) is 31.6 Å². The van der Waals surface area contributed by atoms with Gasteiger partial charge in [0.15, 0.2) is 0 Å². The smallest absolute Gasteiger partial charge is 0.475 e. The number of benzene rings is 1. The number of alkyl halides is 9. The fraction of sp³-hybridized carbons (Fsp3) is 0.385. The maximum absolute atomic E-state index is 13.6. The fourth-order valence-corrected chi connectivity index (χ4v) is 4.68. The second-order valence-corrected chi connectivity index (χ2v) is 10.0. The number of halogens is 10. The van der Waals surface area contributed by atoms with Crippen molar-refractivity contribution in [2.24, 2.45) is 0 Å². The van der Waals surface area contributed by atoms with Gasteiger partial charge >= 0.3 is 24.5 Å². The van der Waals surface area contributed by atoms with Crippen LogP contribution in [0, 0.1) is 0 Å². The summed E-state index contributed by atoms with van der Waals surface area (Å²) >= 11 is 5.90. The number of carboxylic acids is 1. The number of pyridine rings is 1. The number of nitrogens with one attached hydrogen (secondary N) is 1. The van der Waals surface area contributed by atoms with Gasteiger partial charge in [-0.1, -0.05) is 11.6 Å². The van der Waals surface area contributed by atoms with Crippen molar-refractivity contribution < 1.29 is 49.4 Å². The monoisotopic (exact) mass is 656 g/mol. The largest absolute Gasteiger partial charge is 0.490 e. The minimum absolute atomic E-state index is 0.150. The number of carboxylic acid groups (broad SMARTS) is 1. The lowest BCUT2D eigenvalue weighted by Crippen LogP contribution is -2.38. The van der Waals surface area contributed by atoms with Crippen LogP contribution in [0.4, 0.5) is 62.8 Å². The van der Waals surface area contributed by atoms with Crippen LogP contribution in [-0.2, 0) is 30.0 Å². The van der Waals surface area contributed by atoms with Crippen molar-refractivity contribution in [1.82, 2.24) is 15.0 Å². The van der Waals surface area contributed by atoms with E-state index in [1.54, 1.807) is 4.90 Å². The van der Waals surface area contributed by atoms with Crippen LogP contribution in [0.25, 0.3) is 0 Å². The summed E-state index contributed by atoms with van der Waals surface area (Å²) in [5.74, 6) is -2.05. The SMILES string of the molecule is FC(F)(F)c1ccc(Nc2nc(N3CCC3)nc3c2CCN(c2ncccc2C(F)(F)F)CC3)cc1Cl.O=C(O)C(F)(F)F. The third-order valence-corrected chi connectivity index (χ3v) is 6.95. The summed E-state index contributed by atoms with van der Waals surface area (Å²) < 4.78 is 112. The molecule has 238 valence electrons. The molecule has 0 atom stereocenters. The first-order chi connectivity index (χ1) is 20.4. The molecule has 0 spiro atoms. The van der Waals surface area contributed by atoms with E-state index in [0.29, 0.717) is 41.6 Å². The minimum Gasteiger partial charge on any atom is -0.475 e. The summed E-state index contributed by atoms with van der Waals surface area (Å²) in [4.78, 5) is 25.8. The van der Waals surface area contributed by atoms with Gasteiger partial charge in [-0.25, -0.2) is 14.8 Å². The molecule has 3 aromatic rings. The van der Waals surface area contributed by atoms with Gasteiger partial charge in [-0.15, -0.1) is 0 Å². The van der Waals surface area contributed by atoms with Crippen LogP contribution in [0.5, 0.6) is 0 Å². The Morgan fingerprint density at radius 2 is 1.50 bits per heavy atom. The van der Waals surface area contributed by atoms with Crippen molar-refractivity contribution >= 4 is 40.8 Å². The van der Waals surface area contributed by atoms with Gasteiger partial charge < -0.3 is 20.2 Å². The molecule has 5 rings (SSSR count). The van der Waals surface area contributed by atoms with Crippen LogP contribution in [-0.4, -0.2) is 58.4 Å². The zero-order chi connectivity index (χ0) is 32.4. The Morgan fingerprint density at radius 3 is 2.05 bits per heavy atom. The molecule has 8 nitrogen and oxygen atoms in total. The van der Waals surface area contributed by atoms with Crippen molar-refractivity contribution in [2.45, 2.75) is 37.8 Å². The molecule has 44 heavy (non-hydrogen) atoms. The number of carbonyl (C=O) groups is 1. The third kappa shape index (κ3) is 7.73. The average molecular weight is 657 g/mol. The predicted molar refractivity (Wildman–Crippen MR) is 141 cm³/mol. The van der Waals surface area contributed by atoms with Crippen molar-refractivity contribution in [3.63, 3.8) is 0 Å². The Labute approximate surface area is 248 Å². The van der Waals surface area contributed by atoms with E-state index >= 15 is 0 Å². The van der Waals surface area contributed by atoms with Crippen molar-refractivity contribution in [3.05, 3.63) is 63.9 Å². The van der Waals surface area contributed by atoms with Crippen LogP contribution in [0.15, 0.2) is 36.5 Å². The first-order valence-electron chi connectivity index (χ1n) is 12.8. The molecule has 0 saturated carbocycles. The second kappa shape index (κ2) is 12.5. The molecular formula is C26H22ClF9N6O2. The summed E-state index contributed by atoms with van der Waals surface area (Å²) in [5.41, 5.74) is -0.102. The van der Waals surface area contributed by atoms with Gasteiger partial charge in [0, 0.05) is 50.0 Å². The van der Waals surface area contributed by atoms with E-state index in [1.807, 2.05) is 4.90 Å². The fourth-order valence-electron chi connectivity index (χ4n) is 4.39. The van der Waals surface area contributed by atoms with Crippen LogP contribution in [0.2, 0.25) is 5.02 Å². The molecular weight excluding hydrogens is 635 g/mol. The van der Waals surface area contributed by atoms with Gasteiger partial charge in [0.25, 0.3) is 0 Å². The Hall–Kier alpha value is -4.02. The highest BCUT2D eigenvalue weighted by molar-refractivity contribution is 6.31. The van der Waals surface area contributed by atoms with Gasteiger partial charge in [-0.05, 0) is 43.2 Å². The van der Waals surface area contributed by atoms with Crippen LogP contribution >= 0.6 is 11.6 Å². The summed E-state index contributed by atoms with van der Waals surface area (Å²) in [6, 6.07) is 5.58. The lowest BCUT2D eigenvalue weighted by molar-refractivity contribution is -0.192. The zero-order valence-corrected chi connectivity index (χ0v) is 23.0. The van der Waals surface area contributed by atoms with Crippen LogP contribution < -0.4 is 15.1 Å². The van der Waals surface area contributed by atoms with E-state index in [2.05, 4.69) is 15.3 Å². The Bertz CT molecular complexity index is 1510. The topological polar surface area (TPSA) is 94.5 Å². The number of hydrogen-bond donors (Lipinski definition) is 2. The number of fused-ring (bicyclic) bond motifs is 1. The first-order valence-corrected chi connectivity index (χ1v) is 13.2. The molecule has 2 N–H and O–H groups in total. The Balaban J connectivity index is 0.000000566. The number of aliphatic carboxylic acids is 1. The molecule has 1 saturated heterocycles. The van der Waals surface area contributed by atoms with Gasteiger partial charge in [0.2, 0.25) is 5.95 Å². The molecule has 0 bridgehead atoms. The number of aromatic nitrogens is 3. The zero-order valence-electron chi connectivity index (χ0n) is 22.3. The molecule has 1 fully saturated rings. The second-order valence-electron chi connectivity index (χ2n) is 9.62. The summed E-state index contributed by atoms with van der Waals surface area (Å²) in [6.07, 6.45) is -11.3. The van der Waals surface area contributed by atoms with Crippen molar-refractivity contribution in [2.75, 3.05) is 41.3 Å². The van der Waals surface area contributed by atoms with Crippen LogP contribution in [0.3, 0.4) is 0 Å². The third-order valence-electron chi connectivity index (χ3n) is 6.64. The molecule has 2 aromatic heterocycles. The van der Waals surface area contributed by atoms with E-state index < -0.39 is 40.6 Å². The highest BCUT2D eigenvalue weighted by atomic mass is 35.5. The highest BCUT2D eigenvalue weighted by Crippen LogP contribution is 2.38. The summed E-state index contributed by atoms with van der Waals surface area (Å²) in [5, 5.41) is 9.74. The summed E-state index contributed by atoms with van der Waals surface area (Å²) in [7, 11) is 0. The molecule has 0 aliphatic carbocycles. The predicted octanol–water partition coefficient (Wildman–Crippen LogP) is 6.75. The maximum Gasteiger partial charge on any atom is 0.490 e. The van der Waals surface area contributed by atoms with E-state index in [-0.39, 0.29) is 18.9 Å². The van der Waals surface area contributed by atoms with E-state index in [9.17, 15) is 39.5 Å². The molecule has 0 amide bonds. The quantitative estimate of drug-likeness (QED) is 0.298. The summed E-state index contributed by atoms with van der Waals surface area (Å²) in [6.45, 7) is 2.01. The van der Waals surface area contributed by atoms with Gasteiger partial charge in [-0.3, -0.25) is 0 Å². The number of rotatable bonds is 4. The number of anilines is 4. The highest BCUT2D eigenvalue weighted by Gasteiger charge is 2.38. The van der Waals surface area contributed by atoms with E-state index in [1.165, 1.54) is 24.4 Å². The molecule has 18 heteroatoms. The minimum atomic E-state index is -5.08. The average Bonchev–Trinajstić information content (AvgIpc) is 3.09. The Morgan fingerprint density at radius 1 is 0.864 bits per heavy atom. The normalized spacial score (nSPS) is 15.4. The molecule has 2 aliphatic rings. The standard InChI is InChI=1S/C24H21ClF6N6.C2HF3O2/c25-18-13-14(4-5-16(18)23(26,27)28)33-20-15-6-11-36(21-17(24(29,30)31)3-1-8-32-21)12-7-19(15)34-22(35-20)37-9-2-10-37;3-2(4,5)1(6)7/h1,3-5,8,13H,2,6-7,9-12H2,(H,33,34,35);(H,6,7). The van der Waals surface area contributed by atoms with E-state index in [4.69, 9.17) is 26.5 Å². The lowest BCUT2D eigenvalue weighted by atomic mass is 10.1. The van der Waals surface area contributed by atoms with Crippen molar-refractivity contribution in [1.29, 1.82) is 0 Å². The molecule has 0 radical (unpaired) electrons. The first kappa shape index (κ1) is 32.9. The van der Waals surface area contributed by atoms with Crippen LogP contribution in [0.1, 0.15) is 28.8 Å². The molecule has 4 heterocycles. The van der Waals surface area contributed by atoms with Gasteiger partial charge in [0.05, 0.1) is 21.8 Å². The number of hydrogen-bond acceptors (Lipinski definition) is 7. The van der Waals surface area contributed by atoms with Crippen molar-refractivity contribution in [3.8, 4) is 0 Å². The number of nitrogens with zero attached hydrogens (tertiary/aromatic N) is 5. The van der Waals surface area contributed by atoms with Gasteiger partial charge in [0.1, 0.15) is 11.6 Å². The molecule has 2 aliphatic heterocycles. The van der Waals surface area contributed by atoms with Gasteiger partial charge in [-0.2, -0.15) is 44.5 Å².